The smallest absolute Gasteiger partial charge is 0.303 e. The Bertz CT molecular complexity index is 1020. The minimum Gasteiger partial charge on any atom is -0.481 e. The van der Waals surface area contributed by atoms with E-state index in [0.29, 0.717) is 17.6 Å². The molecular weight excluding hydrogens is 390 g/mol. The number of carbonyl (C=O) groups is 1. The van der Waals surface area contributed by atoms with Gasteiger partial charge in [-0.15, -0.1) is 0 Å². The van der Waals surface area contributed by atoms with Crippen LogP contribution in [-0.4, -0.2) is 39.7 Å². The van der Waals surface area contributed by atoms with Crippen molar-refractivity contribution < 1.29 is 14.4 Å². The van der Waals surface area contributed by atoms with E-state index >= 15 is 0 Å². The van der Waals surface area contributed by atoms with Crippen LogP contribution >= 0.6 is 0 Å². The third-order valence-corrected chi connectivity index (χ3v) is 5.92. The van der Waals surface area contributed by atoms with E-state index in [1.54, 1.807) is 0 Å². The fraction of sp³-hybridized carbons (Fsp3) is 0.400. The molecule has 1 aliphatic heterocycles. The molecule has 0 spiro atoms. The van der Waals surface area contributed by atoms with Crippen LogP contribution in [0.5, 0.6) is 0 Å². The van der Waals surface area contributed by atoms with Crippen LogP contribution in [0, 0.1) is 11.8 Å². The molecule has 2 atom stereocenters. The lowest BCUT2D eigenvalue weighted by Gasteiger charge is -2.19. The largest absolute Gasteiger partial charge is 0.481 e. The highest BCUT2D eigenvalue weighted by molar-refractivity contribution is 5.67. The normalized spacial score (nSPS) is 19.2. The van der Waals surface area contributed by atoms with Gasteiger partial charge in [-0.05, 0) is 55.0 Å². The van der Waals surface area contributed by atoms with E-state index in [1.807, 2.05) is 24.3 Å². The first-order valence-corrected chi connectivity index (χ1v) is 10.8. The molecule has 3 aromatic rings. The number of benzene rings is 2. The molecule has 4 rings (SSSR count). The first-order chi connectivity index (χ1) is 14.9. The molecule has 6 heteroatoms. The second kappa shape index (κ2) is 9.02. The Labute approximate surface area is 182 Å². The van der Waals surface area contributed by atoms with Gasteiger partial charge in [-0.3, -0.25) is 9.69 Å². The Balaban J connectivity index is 1.45. The van der Waals surface area contributed by atoms with Gasteiger partial charge in [-0.2, -0.15) is 4.98 Å². The number of aromatic nitrogens is 2. The van der Waals surface area contributed by atoms with E-state index in [0.717, 1.165) is 30.5 Å². The summed E-state index contributed by atoms with van der Waals surface area (Å²) in [6, 6.07) is 16.7. The Morgan fingerprint density at radius 2 is 1.81 bits per heavy atom. The van der Waals surface area contributed by atoms with E-state index < -0.39 is 5.97 Å². The van der Waals surface area contributed by atoms with Gasteiger partial charge in [0.15, 0.2) is 0 Å². The zero-order valence-electron chi connectivity index (χ0n) is 18.3. The average molecular weight is 420 g/mol. The molecule has 1 N–H and O–H groups in total. The van der Waals surface area contributed by atoms with E-state index in [1.165, 1.54) is 11.1 Å². The van der Waals surface area contributed by atoms with Gasteiger partial charge in [0.2, 0.25) is 5.82 Å². The van der Waals surface area contributed by atoms with E-state index in [2.05, 4.69) is 60.2 Å². The summed E-state index contributed by atoms with van der Waals surface area (Å²) in [5, 5.41) is 13.2. The number of aliphatic carboxylic acids is 1. The molecule has 1 aromatic heterocycles. The van der Waals surface area contributed by atoms with Crippen molar-refractivity contribution in [3.63, 3.8) is 0 Å². The molecule has 162 valence electrons. The summed E-state index contributed by atoms with van der Waals surface area (Å²) in [5.74, 6) is 1.17. The standard InChI is InChI=1S/C25H29N3O3/c1-16(2)12-17-4-6-21(7-5-17)25-26-24(27-31-25)20-10-8-19(9-11-20)22-13-18(14-23(29)30)15-28(22)3/h4-11,16,18,22H,12-15H2,1-3H3,(H,29,30). The zero-order chi connectivity index (χ0) is 22.0. The van der Waals surface area contributed by atoms with E-state index in [9.17, 15) is 4.79 Å². The Kier molecular flexibility index (Phi) is 6.18. The maximum absolute atomic E-state index is 11.0. The number of rotatable bonds is 7. The second-order valence-corrected chi connectivity index (χ2v) is 9.00. The van der Waals surface area contributed by atoms with Gasteiger partial charge in [-0.25, -0.2) is 0 Å². The van der Waals surface area contributed by atoms with Crippen LogP contribution < -0.4 is 0 Å². The summed E-state index contributed by atoms with van der Waals surface area (Å²) in [7, 11) is 2.05. The number of hydrogen-bond acceptors (Lipinski definition) is 5. The van der Waals surface area contributed by atoms with Crippen LogP contribution in [0.2, 0.25) is 0 Å². The predicted molar refractivity (Wildman–Crippen MR) is 119 cm³/mol. The quantitative estimate of drug-likeness (QED) is 0.576. The van der Waals surface area contributed by atoms with Crippen molar-refractivity contribution in [2.45, 2.75) is 39.2 Å². The molecule has 1 aliphatic rings. The van der Waals surface area contributed by atoms with Crippen LogP contribution in [0.1, 0.15) is 43.9 Å². The Morgan fingerprint density at radius 1 is 1.13 bits per heavy atom. The predicted octanol–water partition coefficient (Wildman–Crippen LogP) is 5.07. The third kappa shape index (κ3) is 5.02. The summed E-state index contributed by atoms with van der Waals surface area (Å²) in [5.41, 5.74) is 4.30. The van der Waals surface area contributed by atoms with Gasteiger partial charge < -0.3 is 9.63 Å². The molecule has 2 heterocycles. The molecular formula is C25H29N3O3. The van der Waals surface area contributed by atoms with E-state index in [-0.39, 0.29) is 18.4 Å². The molecule has 6 nitrogen and oxygen atoms in total. The molecule has 2 aromatic carbocycles. The van der Waals surface area contributed by atoms with Crippen molar-refractivity contribution in [3.05, 3.63) is 59.7 Å². The maximum atomic E-state index is 11.0. The fourth-order valence-electron chi connectivity index (χ4n) is 4.46. The van der Waals surface area contributed by atoms with Gasteiger partial charge >= 0.3 is 5.97 Å². The number of nitrogens with zero attached hydrogens (tertiary/aromatic N) is 3. The molecule has 0 radical (unpaired) electrons. The molecule has 0 amide bonds. The van der Waals surface area contributed by atoms with Crippen LogP contribution in [0.3, 0.4) is 0 Å². The van der Waals surface area contributed by atoms with Crippen molar-refractivity contribution >= 4 is 5.97 Å². The highest BCUT2D eigenvalue weighted by atomic mass is 16.5. The summed E-state index contributed by atoms with van der Waals surface area (Å²) in [6.07, 6.45) is 2.14. The number of carboxylic acid groups (broad SMARTS) is 1. The van der Waals surface area contributed by atoms with Crippen molar-refractivity contribution in [2.75, 3.05) is 13.6 Å². The van der Waals surface area contributed by atoms with Crippen LogP contribution in [0.4, 0.5) is 0 Å². The minimum absolute atomic E-state index is 0.193. The lowest BCUT2D eigenvalue weighted by Crippen LogP contribution is -2.18. The Morgan fingerprint density at radius 3 is 2.45 bits per heavy atom. The molecule has 2 unspecified atom stereocenters. The van der Waals surface area contributed by atoms with Crippen LogP contribution in [0.15, 0.2) is 53.1 Å². The van der Waals surface area contributed by atoms with Gasteiger partial charge in [0.05, 0.1) is 0 Å². The van der Waals surface area contributed by atoms with Gasteiger partial charge in [-0.1, -0.05) is 55.4 Å². The summed E-state index contributed by atoms with van der Waals surface area (Å²) >= 11 is 0. The first-order valence-electron chi connectivity index (χ1n) is 10.8. The lowest BCUT2D eigenvalue weighted by atomic mass is 9.97. The second-order valence-electron chi connectivity index (χ2n) is 9.00. The molecule has 0 aliphatic carbocycles. The fourth-order valence-corrected chi connectivity index (χ4v) is 4.46. The van der Waals surface area contributed by atoms with Gasteiger partial charge in [0, 0.05) is 30.1 Å². The van der Waals surface area contributed by atoms with Crippen LogP contribution in [-0.2, 0) is 11.2 Å². The summed E-state index contributed by atoms with van der Waals surface area (Å²) in [6.45, 7) is 5.23. The molecule has 0 saturated carbocycles. The Hall–Kier alpha value is -2.99. The monoisotopic (exact) mass is 419 g/mol. The highest BCUT2D eigenvalue weighted by Gasteiger charge is 2.31. The zero-order valence-corrected chi connectivity index (χ0v) is 18.3. The summed E-state index contributed by atoms with van der Waals surface area (Å²) in [4.78, 5) is 17.8. The SMILES string of the molecule is CC(C)Cc1ccc(-c2nc(-c3ccc(C4CC(CC(=O)O)CN4C)cc3)no2)cc1. The van der Waals surface area contributed by atoms with E-state index in [4.69, 9.17) is 9.63 Å². The first kappa shape index (κ1) is 21.2. The topological polar surface area (TPSA) is 79.5 Å². The number of carboxylic acids is 1. The van der Waals surface area contributed by atoms with Crippen molar-refractivity contribution in [3.8, 4) is 22.8 Å². The lowest BCUT2D eigenvalue weighted by molar-refractivity contribution is -0.138. The molecule has 1 fully saturated rings. The molecule has 0 bridgehead atoms. The molecule has 1 saturated heterocycles. The molecule has 31 heavy (non-hydrogen) atoms. The van der Waals surface area contributed by atoms with Crippen molar-refractivity contribution in [2.24, 2.45) is 11.8 Å². The van der Waals surface area contributed by atoms with Crippen molar-refractivity contribution in [1.29, 1.82) is 0 Å². The number of likely N-dealkylation sites (tertiary alicyclic amines) is 1. The van der Waals surface area contributed by atoms with Crippen molar-refractivity contribution in [1.82, 2.24) is 15.0 Å². The summed E-state index contributed by atoms with van der Waals surface area (Å²) < 4.78 is 5.50. The van der Waals surface area contributed by atoms with Gasteiger partial charge in [0.1, 0.15) is 0 Å². The maximum Gasteiger partial charge on any atom is 0.303 e. The third-order valence-electron chi connectivity index (χ3n) is 5.92. The minimum atomic E-state index is -0.725. The highest BCUT2D eigenvalue weighted by Crippen LogP contribution is 2.36. The average Bonchev–Trinajstić information content (AvgIpc) is 3.35. The van der Waals surface area contributed by atoms with Crippen LogP contribution in [0.25, 0.3) is 22.8 Å². The van der Waals surface area contributed by atoms with Gasteiger partial charge in [0.25, 0.3) is 5.89 Å². The number of hydrogen-bond donors (Lipinski definition) is 1.